The van der Waals surface area contributed by atoms with Gasteiger partial charge in [-0.2, -0.15) is 39.5 Å². The predicted octanol–water partition coefficient (Wildman–Crippen LogP) is 7.43. The average Bonchev–Trinajstić information content (AvgIpc) is 2.89. The second kappa shape index (κ2) is 10.8. The van der Waals surface area contributed by atoms with Gasteiger partial charge in [-0.3, -0.25) is 9.59 Å². The van der Waals surface area contributed by atoms with E-state index in [1.165, 1.54) is 31.3 Å². The van der Waals surface area contributed by atoms with Gasteiger partial charge < -0.3 is 9.80 Å². The Kier molecular flexibility index (Phi) is 8.47. The molecule has 41 heavy (non-hydrogen) atoms. The molecule has 0 saturated heterocycles. The van der Waals surface area contributed by atoms with Gasteiger partial charge in [0.05, 0.1) is 11.6 Å². The van der Waals surface area contributed by atoms with E-state index in [-0.39, 0.29) is 34.4 Å². The number of nitrogens with zero attached hydrogens (tertiary/aromatic N) is 2. The molecule has 2 amide bonds. The lowest BCUT2D eigenvalue weighted by Gasteiger charge is -2.49. The number of rotatable bonds is 5. The maximum atomic E-state index is 15.4. The summed E-state index contributed by atoms with van der Waals surface area (Å²) in [5, 5.41) is 0. The van der Waals surface area contributed by atoms with Gasteiger partial charge >= 0.3 is 24.2 Å². The van der Waals surface area contributed by atoms with Crippen molar-refractivity contribution in [3.05, 3.63) is 89.5 Å². The van der Waals surface area contributed by atoms with E-state index in [1.54, 1.807) is 18.2 Å². The lowest BCUT2D eigenvalue weighted by Crippen LogP contribution is -2.72. The van der Waals surface area contributed by atoms with Crippen LogP contribution in [0.25, 0.3) is 0 Å². The van der Waals surface area contributed by atoms with Crippen LogP contribution in [-0.2, 0) is 0 Å². The number of carbonyl (C=O) groups excluding carboxylic acids is 2. The number of hydrogen-bond acceptors (Lipinski definition) is 2. The zero-order chi connectivity index (χ0) is 31.2. The third kappa shape index (κ3) is 5.60. The maximum Gasteiger partial charge on any atom is 0.433 e. The molecule has 0 radical (unpaired) electrons. The second-order valence-corrected chi connectivity index (χ2v) is 10.3. The number of anilines is 1. The highest BCUT2D eigenvalue weighted by molar-refractivity contribution is 9.10. The van der Waals surface area contributed by atoms with Crippen LogP contribution >= 0.6 is 15.9 Å². The highest BCUT2D eigenvalue weighted by Gasteiger charge is 2.83. The van der Waals surface area contributed by atoms with Crippen molar-refractivity contribution >= 4 is 33.4 Å². The van der Waals surface area contributed by atoms with Gasteiger partial charge in [0.25, 0.3) is 11.8 Å². The first-order valence-corrected chi connectivity index (χ1v) is 12.2. The van der Waals surface area contributed by atoms with Gasteiger partial charge in [-0.15, -0.1) is 0 Å². The van der Waals surface area contributed by atoms with Gasteiger partial charge in [-0.25, -0.2) is 4.39 Å². The van der Waals surface area contributed by atoms with Crippen molar-refractivity contribution in [1.29, 1.82) is 0 Å². The van der Waals surface area contributed by atoms with Crippen LogP contribution < -0.4 is 4.90 Å². The fourth-order valence-corrected chi connectivity index (χ4v) is 5.55. The summed E-state index contributed by atoms with van der Waals surface area (Å²) in [6, 6.07) is 9.08. The highest BCUT2D eigenvalue weighted by atomic mass is 79.9. The number of halogens is 11. The first-order chi connectivity index (χ1) is 18.7. The summed E-state index contributed by atoms with van der Waals surface area (Å²) >= 11 is 2.02. The van der Waals surface area contributed by atoms with Crippen molar-refractivity contribution in [2.24, 2.45) is 0 Å². The molecule has 222 valence electrons. The van der Waals surface area contributed by atoms with Gasteiger partial charge in [0.15, 0.2) is 0 Å². The summed E-state index contributed by atoms with van der Waals surface area (Å²) in [7, 11) is 1.81. The molecule has 0 spiro atoms. The van der Waals surface area contributed by atoms with Gasteiger partial charge in [-0.1, -0.05) is 58.4 Å². The molecule has 2 aromatic rings. The smallest absolute Gasteiger partial charge is 0.333 e. The van der Waals surface area contributed by atoms with E-state index in [0.29, 0.717) is 7.05 Å². The first kappa shape index (κ1) is 32.2. The van der Waals surface area contributed by atoms with Crippen LogP contribution in [0, 0.1) is 0 Å². The van der Waals surface area contributed by atoms with E-state index < -0.39 is 57.5 Å². The molecule has 15 heteroatoms. The highest BCUT2D eigenvalue weighted by Crippen LogP contribution is 2.60. The quantitative estimate of drug-likeness (QED) is 0.247. The summed E-state index contributed by atoms with van der Waals surface area (Å²) < 4.78 is 136. The minimum absolute atomic E-state index is 0.0174. The van der Waals surface area contributed by atoms with Crippen LogP contribution in [0.15, 0.2) is 78.4 Å². The maximum absolute atomic E-state index is 15.4. The van der Waals surface area contributed by atoms with Crippen molar-refractivity contribution in [2.45, 2.75) is 34.6 Å². The Morgan fingerprint density at radius 3 is 1.83 bits per heavy atom. The van der Waals surface area contributed by atoms with E-state index in [9.17, 15) is 49.1 Å². The average molecular weight is 661 g/mol. The van der Waals surface area contributed by atoms with Crippen LogP contribution in [0.1, 0.15) is 20.7 Å². The molecule has 0 aliphatic heterocycles. The molecule has 0 aromatic heterocycles. The van der Waals surface area contributed by atoms with E-state index in [0.717, 1.165) is 17.0 Å². The van der Waals surface area contributed by atoms with E-state index >= 15 is 4.39 Å². The number of likely N-dealkylation sites (N-methyl/N-ethyl adjacent to an activating group) is 1. The zero-order valence-corrected chi connectivity index (χ0v) is 22.5. The first-order valence-electron chi connectivity index (χ1n) is 11.4. The SMILES string of the molecule is CN(C(=O)c1ccccc1)c1cccc(C(=O)N(C)C2C(C(F)(F)F)=CC=CC2(Br)C(F)(C(F)(F)F)C(F)(F)F)c1. The lowest BCUT2D eigenvalue weighted by molar-refractivity contribution is -0.349. The lowest BCUT2D eigenvalue weighted by atomic mass is 9.75. The number of allylic oxidation sites excluding steroid dienone is 2. The predicted molar refractivity (Wildman–Crippen MR) is 132 cm³/mol. The van der Waals surface area contributed by atoms with Crippen LogP contribution in [0.2, 0.25) is 0 Å². The van der Waals surface area contributed by atoms with Gasteiger partial charge in [0.1, 0.15) is 4.32 Å². The van der Waals surface area contributed by atoms with Crippen molar-refractivity contribution in [3.8, 4) is 0 Å². The standard InChI is InChI=1S/C26H19BrF10N2O2/c1-38(20(40)15-8-4-3-5-9-15)17-11-6-10-16(14-17)21(41)39(2)19-18(23(28,29)30)12-7-13-22(19,27)24(31,25(32,33)34)26(35,36)37/h3-14,19H,1-2H3. The molecule has 0 heterocycles. The van der Waals surface area contributed by atoms with Crippen molar-refractivity contribution in [1.82, 2.24) is 4.90 Å². The Morgan fingerprint density at radius 2 is 1.32 bits per heavy atom. The topological polar surface area (TPSA) is 40.6 Å². The van der Waals surface area contributed by atoms with Crippen LogP contribution in [0.4, 0.5) is 49.6 Å². The summed E-state index contributed by atoms with van der Waals surface area (Å²) in [6.45, 7) is 0. The Bertz CT molecular complexity index is 1350. The number of amides is 2. The van der Waals surface area contributed by atoms with Crippen molar-refractivity contribution in [2.75, 3.05) is 19.0 Å². The minimum atomic E-state index is -6.77. The van der Waals surface area contributed by atoms with E-state index in [4.69, 9.17) is 0 Å². The Balaban J connectivity index is 2.13. The molecule has 4 nitrogen and oxygen atoms in total. The van der Waals surface area contributed by atoms with E-state index in [1.807, 2.05) is 15.9 Å². The number of benzene rings is 2. The number of carbonyl (C=O) groups is 2. The fraction of sp³-hybridized carbons (Fsp3) is 0.308. The molecule has 2 unspecified atom stereocenters. The molecule has 2 aromatic carbocycles. The number of hydrogen-bond donors (Lipinski definition) is 0. The zero-order valence-electron chi connectivity index (χ0n) is 20.9. The molecule has 3 rings (SSSR count). The Hall–Kier alpha value is -3.36. The minimum Gasteiger partial charge on any atom is -0.333 e. The van der Waals surface area contributed by atoms with Crippen LogP contribution in [-0.4, -0.2) is 65.4 Å². The Labute approximate surface area is 235 Å². The van der Waals surface area contributed by atoms with Gasteiger partial charge in [0.2, 0.25) is 0 Å². The van der Waals surface area contributed by atoms with Crippen molar-refractivity contribution in [3.63, 3.8) is 0 Å². The normalized spacial score (nSPS) is 19.9. The summed E-state index contributed by atoms with van der Waals surface area (Å²) in [5.41, 5.74) is -8.59. The third-order valence-electron chi connectivity index (χ3n) is 6.46. The fourth-order valence-electron chi connectivity index (χ4n) is 4.40. The third-order valence-corrected chi connectivity index (χ3v) is 7.70. The molecule has 2 atom stereocenters. The molecule has 0 fully saturated rings. The molecule has 0 bridgehead atoms. The second-order valence-electron chi connectivity index (χ2n) is 9.00. The molecule has 1 aliphatic rings. The summed E-state index contributed by atoms with van der Waals surface area (Å²) in [6.07, 6.45) is -18.8. The van der Waals surface area contributed by atoms with Crippen LogP contribution in [0.5, 0.6) is 0 Å². The van der Waals surface area contributed by atoms with Crippen molar-refractivity contribution < 1.29 is 53.5 Å². The molecule has 0 saturated carbocycles. The monoisotopic (exact) mass is 660 g/mol. The molecular formula is C26H19BrF10N2O2. The number of alkyl halides is 11. The molecular weight excluding hydrogens is 642 g/mol. The summed E-state index contributed by atoms with van der Waals surface area (Å²) in [4.78, 5) is 27.1. The summed E-state index contributed by atoms with van der Waals surface area (Å²) in [5.74, 6) is -2.06. The molecule has 1 aliphatic carbocycles. The largest absolute Gasteiger partial charge is 0.433 e. The van der Waals surface area contributed by atoms with Gasteiger partial charge in [0, 0.05) is 30.9 Å². The molecule has 0 N–H and O–H groups in total. The Morgan fingerprint density at radius 1 is 0.780 bits per heavy atom. The van der Waals surface area contributed by atoms with Gasteiger partial charge in [-0.05, 0) is 30.3 Å². The van der Waals surface area contributed by atoms with E-state index in [2.05, 4.69) is 0 Å². The van der Waals surface area contributed by atoms with Crippen LogP contribution in [0.3, 0.4) is 0 Å².